The zero-order valence-corrected chi connectivity index (χ0v) is 12.9. The highest BCUT2D eigenvalue weighted by Crippen LogP contribution is 2.31. The summed E-state index contributed by atoms with van der Waals surface area (Å²) < 4.78 is 3.48. The van der Waals surface area contributed by atoms with Crippen LogP contribution in [0.15, 0.2) is 33.3 Å². The Kier molecular flexibility index (Phi) is 3.80. The molecular formula is C11H10Br2ClN3. The Labute approximate surface area is 121 Å². The van der Waals surface area contributed by atoms with Crippen molar-refractivity contribution in [2.75, 3.05) is 5.73 Å². The maximum atomic E-state index is 6.21. The molecule has 0 saturated carbocycles. The zero-order valence-electron chi connectivity index (χ0n) is 8.99. The van der Waals surface area contributed by atoms with Crippen molar-refractivity contribution < 1.29 is 0 Å². The first kappa shape index (κ1) is 12.9. The molecule has 6 heteroatoms. The van der Waals surface area contributed by atoms with Crippen LogP contribution in [-0.4, -0.2) is 9.78 Å². The number of hydrogen-bond donors (Lipinski definition) is 1. The number of nitrogen functional groups attached to an aromatic ring is 1. The number of hydrogen-bond acceptors (Lipinski definition) is 2. The number of benzene rings is 1. The minimum Gasteiger partial charge on any atom is -0.383 e. The van der Waals surface area contributed by atoms with E-state index >= 15 is 0 Å². The molecule has 0 aliphatic rings. The largest absolute Gasteiger partial charge is 0.383 e. The van der Waals surface area contributed by atoms with Crippen LogP contribution in [-0.2, 0) is 0 Å². The van der Waals surface area contributed by atoms with Crippen molar-refractivity contribution in [2.24, 2.45) is 0 Å². The molecule has 0 bridgehead atoms. The smallest absolute Gasteiger partial charge is 0.136 e. The van der Waals surface area contributed by atoms with Crippen LogP contribution in [0, 0.1) is 0 Å². The molecule has 0 aliphatic heterocycles. The molecule has 0 saturated heterocycles. The summed E-state index contributed by atoms with van der Waals surface area (Å²) in [7, 11) is 0. The quantitative estimate of drug-likeness (QED) is 0.848. The van der Waals surface area contributed by atoms with Gasteiger partial charge in [0.05, 0.1) is 16.7 Å². The van der Waals surface area contributed by atoms with Crippen molar-refractivity contribution in [2.45, 2.75) is 13.0 Å². The second kappa shape index (κ2) is 5.00. The van der Waals surface area contributed by atoms with E-state index in [0.29, 0.717) is 10.8 Å². The van der Waals surface area contributed by atoms with E-state index in [2.05, 4.69) is 37.0 Å². The molecule has 90 valence electrons. The molecule has 3 nitrogen and oxygen atoms in total. The maximum Gasteiger partial charge on any atom is 0.136 e. The first-order valence-corrected chi connectivity index (χ1v) is 6.90. The van der Waals surface area contributed by atoms with Crippen molar-refractivity contribution in [1.29, 1.82) is 0 Å². The van der Waals surface area contributed by atoms with Gasteiger partial charge in [-0.1, -0.05) is 33.6 Å². The molecule has 1 unspecified atom stereocenters. The van der Waals surface area contributed by atoms with Crippen LogP contribution in [0.1, 0.15) is 18.5 Å². The lowest BCUT2D eigenvalue weighted by atomic mass is 10.1. The third-order valence-corrected chi connectivity index (χ3v) is 4.00. The number of nitrogens with zero attached hydrogens (tertiary/aromatic N) is 2. The molecule has 1 aromatic heterocycles. The van der Waals surface area contributed by atoms with Crippen LogP contribution in [0.4, 0.5) is 5.82 Å². The second-order valence-electron chi connectivity index (χ2n) is 3.66. The molecule has 0 radical (unpaired) electrons. The number of aromatic nitrogens is 2. The van der Waals surface area contributed by atoms with E-state index in [4.69, 9.17) is 17.3 Å². The highest BCUT2D eigenvalue weighted by molar-refractivity contribution is 9.10. The van der Waals surface area contributed by atoms with Crippen LogP contribution in [0.2, 0.25) is 5.02 Å². The van der Waals surface area contributed by atoms with E-state index in [1.54, 1.807) is 10.9 Å². The van der Waals surface area contributed by atoms with Crippen LogP contribution in [0.5, 0.6) is 0 Å². The minimum absolute atomic E-state index is 0.0121. The topological polar surface area (TPSA) is 43.8 Å². The standard InChI is InChI=1S/C11H10Br2ClN3/c1-6(17-11(15)9(13)5-16-17)8-3-2-7(12)4-10(8)14/h2-6H,15H2,1H3. The number of nitrogens with two attached hydrogens (primary N) is 1. The predicted molar refractivity (Wildman–Crippen MR) is 77.3 cm³/mol. The third-order valence-electron chi connectivity index (χ3n) is 2.57. The molecule has 1 atom stereocenters. The van der Waals surface area contributed by atoms with Gasteiger partial charge in [0.15, 0.2) is 0 Å². The van der Waals surface area contributed by atoms with Gasteiger partial charge in [0.1, 0.15) is 5.82 Å². The van der Waals surface area contributed by atoms with Crippen LogP contribution in [0.25, 0.3) is 0 Å². The van der Waals surface area contributed by atoms with Crippen molar-refractivity contribution >= 4 is 49.3 Å². The molecule has 0 spiro atoms. The lowest BCUT2D eigenvalue weighted by Gasteiger charge is -2.16. The van der Waals surface area contributed by atoms with Gasteiger partial charge in [-0.3, -0.25) is 0 Å². The van der Waals surface area contributed by atoms with Crippen molar-refractivity contribution in [3.8, 4) is 0 Å². The number of rotatable bonds is 2. The van der Waals surface area contributed by atoms with Gasteiger partial charge in [-0.05, 0) is 40.5 Å². The van der Waals surface area contributed by atoms with Gasteiger partial charge >= 0.3 is 0 Å². The monoisotopic (exact) mass is 377 g/mol. The molecule has 2 aromatic rings. The van der Waals surface area contributed by atoms with Gasteiger partial charge in [0, 0.05) is 9.50 Å². The van der Waals surface area contributed by atoms with E-state index < -0.39 is 0 Å². The average molecular weight is 379 g/mol. The Hall–Kier alpha value is -0.520. The Morgan fingerprint density at radius 2 is 2.12 bits per heavy atom. The second-order valence-corrected chi connectivity index (χ2v) is 5.84. The first-order valence-electron chi connectivity index (χ1n) is 4.94. The Morgan fingerprint density at radius 3 is 2.65 bits per heavy atom. The SMILES string of the molecule is CC(c1ccc(Br)cc1Cl)n1ncc(Br)c1N. The van der Waals surface area contributed by atoms with Crippen LogP contribution in [0.3, 0.4) is 0 Å². The Balaban J connectivity index is 2.43. The van der Waals surface area contributed by atoms with Crippen molar-refractivity contribution in [3.63, 3.8) is 0 Å². The molecule has 0 fully saturated rings. The van der Waals surface area contributed by atoms with E-state index in [1.165, 1.54) is 0 Å². The molecule has 1 aromatic carbocycles. The van der Waals surface area contributed by atoms with Gasteiger partial charge < -0.3 is 5.73 Å². The Morgan fingerprint density at radius 1 is 1.41 bits per heavy atom. The normalized spacial score (nSPS) is 12.7. The third kappa shape index (κ3) is 2.51. The highest BCUT2D eigenvalue weighted by atomic mass is 79.9. The van der Waals surface area contributed by atoms with Gasteiger partial charge in [-0.2, -0.15) is 5.10 Å². The summed E-state index contributed by atoms with van der Waals surface area (Å²) in [5, 5.41) is 4.92. The lowest BCUT2D eigenvalue weighted by Crippen LogP contribution is -2.11. The fraction of sp³-hybridized carbons (Fsp3) is 0.182. The predicted octanol–water partition coefficient (Wildman–Crippen LogP) is 4.25. The summed E-state index contributed by atoms with van der Waals surface area (Å²) in [6, 6.07) is 5.77. The van der Waals surface area contributed by atoms with E-state index in [9.17, 15) is 0 Å². The van der Waals surface area contributed by atoms with E-state index in [-0.39, 0.29) is 6.04 Å². The Bertz CT molecular complexity index is 554. The highest BCUT2D eigenvalue weighted by Gasteiger charge is 2.16. The van der Waals surface area contributed by atoms with E-state index in [0.717, 1.165) is 14.5 Å². The molecule has 1 heterocycles. The molecule has 2 N–H and O–H groups in total. The molecule has 0 amide bonds. The van der Waals surface area contributed by atoms with E-state index in [1.807, 2.05) is 25.1 Å². The first-order chi connectivity index (χ1) is 8.00. The summed E-state index contributed by atoms with van der Waals surface area (Å²) in [5.41, 5.74) is 6.91. The summed E-state index contributed by atoms with van der Waals surface area (Å²) in [4.78, 5) is 0. The molecule has 2 rings (SSSR count). The summed E-state index contributed by atoms with van der Waals surface area (Å²) in [6.07, 6.45) is 1.68. The van der Waals surface area contributed by atoms with Gasteiger partial charge in [0.25, 0.3) is 0 Å². The summed E-state index contributed by atoms with van der Waals surface area (Å²) in [5.74, 6) is 0.594. The fourth-order valence-corrected chi connectivity index (χ4v) is 2.74. The minimum atomic E-state index is -0.0121. The number of halogens is 3. The van der Waals surface area contributed by atoms with Crippen LogP contribution >= 0.6 is 43.5 Å². The fourth-order valence-electron chi connectivity index (χ4n) is 1.63. The average Bonchev–Trinajstić information content (AvgIpc) is 2.59. The maximum absolute atomic E-state index is 6.21. The lowest BCUT2D eigenvalue weighted by molar-refractivity contribution is 0.573. The van der Waals surface area contributed by atoms with Crippen LogP contribution < -0.4 is 5.73 Å². The van der Waals surface area contributed by atoms with Gasteiger partial charge in [-0.25, -0.2) is 4.68 Å². The zero-order chi connectivity index (χ0) is 12.6. The van der Waals surface area contributed by atoms with Crippen molar-refractivity contribution in [3.05, 3.63) is 43.9 Å². The molecular weight excluding hydrogens is 369 g/mol. The molecule has 17 heavy (non-hydrogen) atoms. The summed E-state index contributed by atoms with van der Waals surface area (Å²) in [6.45, 7) is 2.00. The molecule has 0 aliphatic carbocycles. The summed E-state index contributed by atoms with van der Waals surface area (Å²) >= 11 is 12.9. The van der Waals surface area contributed by atoms with Gasteiger partial charge in [-0.15, -0.1) is 0 Å². The number of anilines is 1. The van der Waals surface area contributed by atoms with Gasteiger partial charge in [0.2, 0.25) is 0 Å². The van der Waals surface area contributed by atoms with Crippen molar-refractivity contribution in [1.82, 2.24) is 9.78 Å².